The van der Waals surface area contributed by atoms with Gasteiger partial charge in [0.15, 0.2) is 12.0 Å². The number of nitrogens with two attached hydrogens (primary N) is 1. The highest BCUT2D eigenvalue weighted by atomic mass is 16.6. The molecule has 3 heterocycles. The third-order valence-corrected chi connectivity index (χ3v) is 4.49. The largest absolute Gasteiger partial charge is 0.394 e. The molecule has 3 rings (SSSR count). The van der Waals surface area contributed by atoms with E-state index in [0.29, 0.717) is 24.5 Å². The predicted octanol–water partition coefficient (Wildman–Crippen LogP) is -0.650. The van der Waals surface area contributed by atoms with Gasteiger partial charge in [-0.2, -0.15) is 0 Å². The van der Waals surface area contributed by atoms with Gasteiger partial charge in [0.05, 0.1) is 12.9 Å². The Morgan fingerprint density at radius 1 is 1.65 bits per heavy atom. The minimum Gasteiger partial charge on any atom is -0.394 e. The average Bonchev–Trinajstić information content (AvgIpc) is 3.27. The maximum Gasteiger partial charge on any atom is 0.168 e. The molecule has 1 spiro atoms. The fraction of sp³-hybridized carbons (Fsp3) is 0.643. The van der Waals surface area contributed by atoms with Crippen LogP contribution in [0.1, 0.15) is 24.8 Å². The smallest absolute Gasteiger partial charge is 0.168 e. The lowest BCUT2D eigenvalue weighted by Gasteiger charge is -2.32. The highest BCUT2D eigenvalue weighted by Crippen LogP contribution is 2.48. The van der Waals surface area contributed by atoms with E-state index in [0.717, 1.165) is 6.42 Å². The van der Waals surface area contributed by atoms with Crippen LogP contribution in [0.5, 0.6) is 0 Å². The van der Waals surface area contributed by atoms with Crippen molar-refractivity contribution >= 4 is 18.4 Å². The van der Waals surface area contributed by atoms with Gasteiger partial charge < -0.3 is 25.4 Å². The number of aliphatic hydroxyl groups excluding tert-OH is 2. The summed E-state index contributed by atoms with van der Waals surface area (Å²) >= 11 is 0. The van der Waals surface area contributed by atoms with Crippen LogP contribution in [0, 0.1) is 0 Å². The van der Waals surface area contributed by atoms with E-state index in [4.69, 9.17) is 15.2 Å². The van der Waals surface area contributed by atoms with Gasteiger partial charge in [0.2, 0.25) is 0 Å². The number of aliphatic imine (C=N–C) groups is 2. The van der Waals surface area contributed by atoms with E-state index in [2.05, 4.69) is 21.7 Å². The molecule has 4 N–H and O–H groups in total. The highest BCUT2D eigenvalue weighted by Gasteiger charge is 2.59. The van der Waals surface area contributed by atoms with Gasteiger partial charge in [-0.05, 0) is 19.6 Å². The molecule has 23 heavy (non-hydrogen) atoms. The molecule has 1 aromatic heterocycles. The lowest BCUT2D eigenvalue weighted by molar-refractivity contribution is -0.119. The van der Waals surface area contributed by atoms with Crippen molar-refractivity contribution in [3.63, 3.8) is 0 Å². The molecule has 2 aliphatic rings. The van der Waals surface area contributed by atoms with Gasteiger partial charge in [-0.25, -0.2) is 9.98 Å². The Labute approximate surface area is 133 Å². The zero-order valence-electron chi connectivity index (χ0n) is 12.9. The lowest BCUT2D eigenvalue weighted by atomic mass is 9.91. The van der Waals surface area contributed by atoms with E-state index >= 15 is 0 Å². The number of imidazole rings is 1. The molecule has 0 aliphatic carbocycles. The van der Waals surface area contributed by atoms with Crippen molar-refractivity contribution in [1.82, 2.24) is 9.55 Å². The van der Waals surface area contributed by atoms with Crippen LogP contribution in [0.15, 0.2) is 16.3 Å². The lowest BCUT2D eigenvalue weighted by Crippen LogP contribution is -2.46. The molecule has 2 aliphatic heterocycles. The van der Waals surface area contributed by atoms with Crippen LogP contribution in [-0.4, -0.2) is 70.4 Å². The van der Waals surface area contributed by atoms with E-state index < -0.39 is 24.0 Å². The molecule has 4 atom stereocenters. The van der Waals surface area contributed by atoms with Crippen LogP contribution < -0.4 is 5.73 Å². The van der Waals surface area contributed by atoms with Gasteiger partial charge in [0.25, 0.3) is 0 Å². The van der Waals surface area contributed by atoms with Gasteiger partial charge >= 0.3 is 0 Å². The standard InChI is InChI=1S/C14H21N5O4/c1-16-11(15)9-12(17-2)19(7-18-9)13-14(4-3-5-22-14)10(21)8(6-20)23-13/h7-8,10,13,20-21H,2-6H2,1H3,(H2,15,16). The second-order valence-electron chi connectivity index (χ2n) is 5.65. The number of hydrogen-bond donors (Lipinski definition) is 3. The van der Waals surface area contributed by atoms with Crippen molar-refractivity contribution in [2.45, 2.75) is 36.9 Å². The minimum atomic E-state index is -0.944. The summed E-state index contributed by atoms with van der Waals surface area (Å²) in [6.45, 7) is 3.77. The third-order valence-electron chi connectivity index (χ3n) is 4.49. The molecule has 126 valence electrons. The SMILES string of the molecule is C=Nc1c(C(N)=NC)ncn1C1OC(CO)C(O)C12CCCO2. The van der Waals surface area contributed by atoms with Crippen molar-refractivity contribution < 1.29 is 19.7 Å². The maximum atomic E-state index is 10.6. The molecule has 0 saturated carbocycles. The maximum absolute atomic E-state index is 10.6. The Morgan fingerprint density at radius 2 is 2.43 bits per heavy atom. The molecule has 9 heteroatoms. The Balaban J connectivity index is 2.07. The Morgan fingerprint density at radius 3 is 3.00 bits per heavy atom. The first-order valence-electron chi connectivity index (χ1n) is 7.43. The fourth-order valence-electron chi connectivity index (χ4n) is 3.34. The first kappa shape index (κ1) is 16.1. The third kappa shape index (κ3) is 2.27. The van der Waals surface area contributed by atoms with Crippen molar-refractivity contribution in [2.24, 2.45) is 15.7 Å². The first-order chi connectivity index (χ1) is 11.1. The molecule has 4 unspecified atom stereocenters. The second kappa shape index (κ2) is 6.00. The van der Waals surface area contributed by atoms with Gasteiger partial charge in [0.1, 0.15) is 29.3 Å². The molecule has 9 nitrogen and oxygen atoms in total. The summed E-state index contributed by atoms with van der Waals surface area (Å²) in [7, 11) is 1.56. The summed E-state index contributed by atoms with van der Waals surface area (Å²) in [5.74, 6) is 0.614. The van der Waals surface area contributed by atoms with Crippen LogP contribution >= 0.6 is 0 Å². The number of aromatic nitrogens is 2. The average molecular weight is 323 g/mol. The van der Waals surface area contributed by atoms with Crippen molar-refractivity contribution in [3.8, 4) is 0 Å². The summed E-state index contributed by atoms with van der Waals surface area (Å²) in [5, 5.41) is 20.0. The fourth-order valence-corrected chi connectivity index (χ4v) is 3.34. The first-order valence-corrected chi connectivity index (χ1v) is 7.43. The summed E-state index contributed by atoms with van der Waals surface area (Å²) in [6.07, 6.45) is 0.559. The zero-order chi connectivity index (χ0) is 16.6. The summed E-state index contributed by atoms with van der Waals surface area (Å²) in [6, 6.07) is 0. The van der Waals surface area contributed by atoms with Gasteiger partial charge in [0, 0.05) is 13.7 Å². The van der Waals surface area contributed by atoms with Gasteiger partial charge in [-0.1, -0.05) is 0 Å². The number of nitrogens with zero attached hydrogens (tertiary/aromatic N) is 4. The van der Waals surface area contributed by atoms with E-state index in [1.54, 1.807) is 11.6 Å². The molecule has 0 amide bonds. The van der Waals surface area contributed by atoms with Crippen molar-refractivity contribution in [3.05, 3.63) is 12.0 Å². The summed E-state index contributed by atoms with van der Waals surface area (Å²) < 4.78 is 13.3. The highest BCUT2D eigenvalue weighted by molar-refractivity contribution is 5.99. The van der Waals surface area contributed by atoms with Crippen molar-refractivity contribution in [1.29, 1.82) is 0 Å². The van der Waals surface area contributed by atoms with E-state index in [-0.39, 0.29) is 12.4 Å². The van der Waals surface area contributed by atoms with Gasteiger partial charge in [-0.3, -0.25) is 9.56 Å². The number of amidine groups is 1. The number of ether oxygens (including phenoxy) is 2. The summed E-state index contributed by atoms with van der Waals surface area (Å²) in [4.78, 5) is 12.1. The van der Waals surface area contributed by atoms with Crippen LogP contribution in [0.3, 0.4) is 0 Å². The Hall–Kier alpha value is -1.81. The minimum absolute atomic E-state index is 0.227. The molecular formula is C14H21N5O4. The number of rotatable bonds is 4. The Bertz CT molecular complexity index is 623. The van der Waals surface area contributed by atoms with Crippen LogP contribution in [-0.2, 0) is 9.47 Å². The van der Waals surface area contributed by atoms with Crippen LogP contribution in [0.2, 0.25) is 0 Å². The zero-order valence-corrected chi connectivity index (χ0v) is 12.9. The summed E-state index contributed by atoms with van der Waals surface area (Å²) in [5.41, 5.74) is 5.28. The van der Waals surface area contributed by atoms with Crippen molar-refractivity contribution in [2.75, 3.05) is 20.3 Å². The molecule has 1 aromatic rings. The molecule has 0 aromatic carbocycles. The molecule has 0 radical (unpaired) electrons. The van der Waals surface area contributed by atoms with E-state index in [1.807, 2.05) is 0 Å². The molecular weight excluding hydrogens is 302 g/mol. The quantitative estimate of drug-likeness (QED) is 0.499. The predicted molar refractivity (Wildman–Crippen MR) is 83.0 cm³/mol. The Kier molecular flexibility index (Phi) is 4.19. The number of aliphatic hydroxyl groups is 2. The second-order valence-corrected chi connectivity index (χ2v) is 5.65. The van der Waals surface area contributed by atoms with Gasteiger partial charge in [-0.15, -0.1) is 0 Å². The van der Waals surface area contributed by atoms with Crippen LogP contribution in [0.4, 0.5) is 5.82 Å². The van der Waals surface area contributed by atoms with E-state index in [9.17, 15) is 10.2 Å². The molecule has 0 bridgehead atoms. The van der Waals surface area contributed by atoms with E-state index in [1.165, 1.54) is 6.33 Å². The topological polar surface area (TPSA) is 127 Å². The monoisotopic (exact) mass is 323 g/mol. The number of hydrogen-bond acceptors (Lipinski definition) is 7. The molecule has 2 saturated heterocycles. The molecule has 2 fully saturated rings. The van der Waals surface area contributed by atoms with Crippen LogP contribution in [0.25, 0.3) is 0 Å². The normalized spacial score (nSPS) is 34.4.